The first-order chi connectivity index (χ1) is 10.2. The van der Waals surface area contributed by atoms with E-state index < -0.39 is 0 Å². The second-order valence-electron chi connectivity index (χ2n) is 5.94. The zero-order valence-electron chi connectivity index (χ0n) is 13.5. The summed E-state index contributed by atoms with van der Waals surface area (Å²) in [7, 11) is 0. The second-order valence-corrected chi connectivity index (χ2v) is 6.72. The van der Waals surface area contributed by atoms with E-state index in [-0.39, 0.29) is 0 Å². The highest BCUT2D eigenvalue weighted by Gasteiger charge is 2.10. The van der Waals surface area contributed by atoms with Crippen molar-refractivity contribution in [3.05, 3.63) is 57.3 Å². The fraction of sp³-hybridized carbons (Fsp3) is 0.474. The number of hydrogen-bond donors (Lipinski definition) is 1. The van der Waals surface area contributed by atoms with Crippen molar-refractivity contribution in [2.75, 3.05) is 6.54 Å². The van der Waals surface area contributed by atoms with Gasteiger partial charge in [-0.25, -0.2) is 0 Å². The van der Waals surface area contributed by atoms with Crippen LogP contribution in [0.4, 0.5) is 0 Å². The molecule has 1 atom stereocenters. The first kappa shape index (κ1) is 16.3. The average molecular weight is 301 g/mol. The summed E-state index contributed by atoms with van der Waals surface area (Å²) in [5.41, 5.74) is 5.72. The van der Waals surface area contributed by atoms with Crippen molar-refractivity contribution >= 4 is 11.3 Å². The van der Waals surface area contributed by atoms with Crippen LogP contribution in [-0.4, -0.2) is 12.6 Å². The standard InChI is InChI=1S/C19H27NS/c1-4-10-20-19(8-7-17-9-11-21-14-17)13-18-6-5-15(2)16(3)12-18/h5-6,9,11-12,14,19-20H,4,7-8,10,13H2,1-3H3. The van der Waals surface area contributed by atoms with E-state index in [1.54, 1.807) is 11.3 Å². The van der Waals surface area contributed by atoms with E-state index in [0.29, 0.717) is 6.04 Å². The smallest absolute Gasteiger partial charge is 0.0111 e. The highest BCUT2D eigenvalue weighted by molar-refractivity contribution is 7.07. The van der Waals surface area contributed by atoms with Gasteiger partial charge in [0.05, 0.1) is 0 Å². The van der Waals surface area contributed by atoms with Crippen molar-refractivity contribution in [1.29, 1.82) is 0 Å². The lowest BCUT2D eigenvalue weighted by atomic mass is 9.97. The van der Waals surface area contributed by atoms with E-state index in [4.69, 9.17) is 0 Å². The molecule has 0 saturated heterocycles. The van der Waals surface area contributed by atoms with Crippen LogP contribution in [0, 0.1) is 13.8 Å². The predicted molar refractivity (Wildman–Crippen MR) is 94.3 cm³/mol. The maximum atomic E-state index is 3.72. The summed E-state index contributed by atoms with van der Waals surface area (Å²) in [6.07, 6.45) is 4.71. The molecule has 0 amide bonds. The minimum absolute atomic E-state index is 0.576. The molecule has 0 spiro atoms. The largest absolute Gasteiger partial charge is 0.314 e. The van der Waals surface area contributed by atoms with Crippen molar-refractivity contribution in [2.24, 2.45) is 0 Å². The molecule has 2 aromatic rings. The molecular weight excluding hydrogens is 274 g/mol. The molecule has 0 radical (unpaired) electrons. The fourth-order valence-corrected chi connectivity index (χ4v) is 3.32. The third kappa shape index (κ3) is 5.29. The van der Waals surface area contributed by atoms with E-state index in [9.17, 15) is 0 Å². The van der Waals surface area contributed by atoms with E-state index in [1.807, 2.05) is 0 Å². The van der Waals surface area contributed by atoms with Gasteiger partial charge in [-0.2, -0.15) is 11.3 Å². The molecule has 0 aliphatic rings. The molecule has 1 unspecified atom stereocenters. The van der Waals surface area contributed by atoms with Gasteiger partial charge < -0.3 is 5.32 Å². The van der Waals surface area contributed by atoms with Gasteiger partial charge >= 0.3 is 0 Å². The molecule has 21 heavy (non-hydrogen) atoms. The van der Waals surface area contributed by atoms with Gasteiger partial charge in [0, 0.05) is 6.04 Å². The molecule has 0 fully saturated rings. The monoisotopic (exact) mass is 301 g/mol. The number of hydrogen-bond acceptors (Lipinski definition) is 2. The number of nitrogens with one attached hydrogen (secondary N) is 1. The molecule has 0 aliphatic heterocycles. The van der Waals surface area contributed by atoms with Gasteiger partial charge in [-0.1, -0.05) is 25.1 Å². The normalized spacial score (nSPS) is 12.5. The average Bonchev–Trinajstić information content (AvgIpc) is 2.99. The van der Waals surface area contributed by atoms with Crippen LogP contribution in [0.25, 0.3) is 0 Å². The molecule has 0 aliphatic carbocycles. The molecule has 1 N–H and O–H groups in total. The lowest BCUT2D eigenvalue weighted by Crippen LogP contribution is -2.32. The summed E-state index contributed by atoms with van der Waals surface area (Å²) in [5, 5.41) is 8.16. The SMILES string of the molecule is CCCNC(CCc1ccsc1)Cc1ccc(C)c(C)c1. The molecule has 0 bridgehead atoms. The summed E-state index contributed by atoms with van der Waals surface area (Å²) >= 11 is 1.80. The fourth-order valence-electron chi connectivity index (χ4n) is 2.62. The topological polar surface area (TPSA) is 12.0 Å². The van der Waals surface area contributed by atoms with Crippen molar-refractivity contribution in [1.82, 2.24) is 5.32 Å². The minimum Gasteiger partial charge on any atom is -0.314 e. The van der Waals surface area contributed by atoms with Crippen LogP contribution < -0.4 is 5.32 Å². The first-order valence-corrected chi connectivity index (χ1v) is 8.94. The Hall–Kier alpha value is -1.12. The Morgan fingerprint density at radius 3 is 2.62 bits per heavy atom. The molecule has 0 saturated carbocycles. The van der Waals surface area contributed by atoms with Crippen molar-refractivity contribution < 1.29 is 0 Å². The molecule has 114 valence electrons. The summed E-state index contributed by atoms with van der Waals surface area (Å²) in [5.74, 6) is 0. The van der Waals surface area contributed by atoms with E-state index >= 15 is 0 Å². The van der Waals surface area contributed by atoms with Crippen LogP contribution in [0.3, 0.4) is 0 Å². The van der Waals surface area contributed by atoms with Crippen LogP contribution in [0.5, 0.6) is 0 Å². The Morgan fingerprint density at radius 1 is 1.10 bits per heavy atom. The molecule has 1 heterocycles. The van der Waals surface area contributed by atoms with E-state index in [2.05, 4.69) is 61.1 Å². The number of thiophene rings is 1. The maximum Gasteiger partial charge on any atom is 0.0111 e. The predicted octanol–water partition coefficient (Wildman–Crippen LogP) is 4.91. The summed E-state index contributed by atoms with van der Waals surface area (Å²) in [6.45, 7) is 7.74. The van der Waals surface area contributed by atoms with Gasteiger partial charge in [0.15, 0.2) is 0 Å². The van der Waals surface area contributed by atoms with Crippen LogP contribution in [0.15, 0.2) is 35.0 Å². The Balaban J connectivity index is 1.95. The van der Waals surface area contributed by atoms with E-state index in [1.165, 1.54) is 41.5 Å². The summed E-state index contributed by atoms with van der Waals surface area (Å²) in [4.78, 5) is 0. The van der Waals surface area contributed by atoms with Crippen LogP contribution in [0.1, 0.15) is 42.0 Å². The van der Waals surface area contributed by atoms with Crippen molar-refractivity contribution in [2.45, 2.75) is 52.5 Å². The van der Waals surface area contributed by atoms with Crippen molar-refractivity contribution in [3.8, 4) is 0 Å². The highest BCUT2D eigenvalue weighted by Crippen LogP contribution is 2.15. The first-order valence-electron chi connectivity index (χ1n) is 7.99. The van der Waals surface area contributed by atoms with Gasteiger partial charge in [0.25, 0.3) is 0 Å². The van der Waals surface area contributed by atoms with Crippen LogP contribution >= 0.6 is 11.3 Å². The van der Waals surface area contributed by atoms with Crippen molar-refractivity contribution in [3.63, 3.8) is 0 Å². The zero-order chi connectivity index (χ0) is 15.1. The second kappa shape index (κ2) is 8.35. The quantitative estimate of drug-likeness (QED) is 0.730. The Bertz CT molecular complexity index is 531. The Morgan fingerprint density at radius 2 is 1.95 bits per heavy atom. The molecule has 2 rings (SSSR count). The lowest BCUT2D eigenvalue weighted by molar-refractivity contribution is 0.477. The number of rotatable bonds is 8. The molecule has 2 heteroatoms. The zero-order valence-corrected chi connectivity index (χ0v) is 14.3. The van der Waals surface area contributed by atoms with Gasteiger partial charge in [-0.15, -0.1) is 0 Å². The lowest BCUT2D eigenvalue weighted by Gasteiger charge is -2.19. The number of benzene rings is 1. The van der Waals surface area contributed by atoms with Crippen LogP contribution in [0.2, 0.25) is 0 Å². The molecule has 1 aromatic heterocycles. The van der Waals surface area contributed by atoms with Gasteiger partial charge in [-0.3, -0.25) is 0 Å². The molecule has 1 aromatic carbocycles. The van der Waals surface area contributed by atoms with Crippen LogP contribution in [-0.2, 0) is 12.8 Å². The summed E-state index contributed by atoms with van der Waals surface area (Å²) < 4.78 is 0. The minimum atomic E-state index is 0.576. The van der Waals surface area contributed by atoms with Gasteiger partial charge in [0.2, 0.25) is 0 Å². The van der Waals surface area contributed by atoms with E-state index in [0.717, 1.165) is 13.0 Å². The Labute approximate surface area is 133 Å². The molecular formula is C19H27NS. The highest BCUT2D eigenvalue weighted by atomic mass is 32.1. The van der Waals surface area contributed by atoms with Gasteiger partial charge in [-0.05, 0) is 85.2 Å². The summed E-state index contributed by atoms with van der Waals surface area (Å²) in [6, 6.07) is 9.71. The van der Waals surface area contributed by atoms with Gasteiger partial charge in [0.1, 0.15) is 0 Å². The number of aryl methyl sites for hydroxylation is 3. The third-order valence-electron chi connectivity index (χ3n) is 4.10. The maximum absolute atomic E-state index is 3.72. The Kier molecular flexibility index (Phi) is 6.47. The molecule has 1 nitrogen and oxygen atoms in total. The third-order valence-corrected chi connectivity index (χ3v) is 4.83.